The van der Waals surface area contributed by atoms with Crippen molar-refractivity contribution in [1.29, 1.82) is 0 Å². The third-order valence-electron chi connectivity index (χ3n) is 8.83. The molecule has 1 saturated carbocycles. The van der Waals surface area contributed by atoms with Crippen molar-refractivity contribution in [3.63, 3.8) is 0 Å². The molecule has 9 heteroatoms. The molecule has 1 aliphatic carbocycles. The maximum Gasteiger partial charge on any atom is 0.482 e. The standard InChI is InChI=1S/C32H39BFN3O4/c1-4-9-25-20-23(5-2)21-28-32(25,3)41-33(40-28)29(22-24-12-14-26(34)15-13-24)35-30(38)16-17-36-18-19-37(31(36)39)27-10-7-6-8-11-27/h6-8,10-15,23,25,28-29H,5,16-22H2,1-3H3,(H,35,38)/t23?,25?,28-,29+,32+/m1/s1. The fraction of sp³-hybridized carbons (Fsp3) is 0.500. The Morgan fingerprint density at radius 1 is 1.17 bits per heavy atom. The zero-order valence-electron chi connectivity index (χ0n) is 24.1. The lowest BCUT2D eigenvalue weighted by molar-refractivity contribution is -0.121. The maximum absolute atomic E-state index is 13.6. The summed E-state index contributed by atoms with van der Waals surface area (Å²) >= 11 is 0. The van der Waals surface area contributed by atoms with E-state index in [0.29, 0.717) is 32.0 Å². The molecule has 5 rings (SSSR count). The second-order valence-corrected chi connectivity index (χ2v) is 11.5. The molecular formula is C32H39BFN3O4. The average molecular weight is 559 g/mol. The van der Waals surface area contributed by atoms with Crippen molar-refractivity contribution in [1.82, 2.24) is 10.2 Å². The van der Waals surface area contributed by atoms with Crippen molar-refractivity contribution in [2.45, 2.75) is 70.5 Å². The molecule has 0 aromatic heterocycles. The first-order valence-electron chi connectivity index (χ1n) is 14.7. The van der Waals surface area contributed by atoms with Crippen LogP contribution >= 0.6 is 0 Å². The number of halogens is 1. The van der Waals surface area contributed by atoms with Gasteiger partial charge in [0.25, 0.3) is 0 Å². The van der Waals surface area contributed by atoms with Gasteiger partial charge in [0.1, 0.15) is 5.82 Å². The predicted octanol–water partition coefficient (Wildman–Crippen LogP) is 4.85. The fourth-order valence-electron chi connectivity index (χ4n) is 6.34. The lowest BCUT2D eigenvalue weighted by Gasteiger charge is -2.42. The summed E-state index contributed by atoms with van der Waals surface area (Å²) in [5, 5.41) is 3.13. The van der Waals surface area contributed by atoms with Gasteiger partial charge >= 0.3 is 13.1 Å². The molecule has 1 N–H and O–H groups in total. The number of carbonyl (C=O) groups excluding carboxylic acids is 2. The highest BCUT2D eigenvalue weighted by molar-refractivity contribution is 6.48. The molecule has 3 aliphatic rings. The normalized spacial score (nSPS) is 26.4. The Kier molecular flexibility index (Phi) is 9.01. The molecule has 0 radical (unpaired) electrons. The number of nitrogens with one attached hydrogen (secondary N) is 1. The molecule has 0 spiro atoms. The van der Waals surface area contributed by atoms with Crippen molar-refractivity contribution < 1.29 is 23.3 Å². The Bertz CT molecular complexity index is 1280. The molecule has 3 fully saturated rings. The number of benzene rings is 2. The Morgan fingerprint density at radius 2 is 1.93 bits per heavy atom. The summed E-state index contributed by atoms with van der Waals surface area (Å²) in [7, 11) is -0.669. The Labute approximate surface area is 242 Å². The minimum Gasteiger partial charge on any atom is -0.404 e. The number of anilines is 1. The fourth-order valence-corrected chi connectivity index (χ4v) is 6.34. The van der Waals surface area contributed by atoms with E-state index in [1.165, 1.54) is 12.1 Å². The molecule has 41 heavy (non-hydrogen) atoms. The van der Waals surface area contributed by atoms with Gasteiger partial charge < -0.3 is 19.5 Å². The van der Waals surface area contributed by atoms with Crippen LogP contribution in [0.15, 0.2) is 54.6 Å². The number of carbonyl (C=O) groups is 2. The van der Waals surface area contributed by atoms with Crippen LogP contribution in [0.3, 0.4) is 0 Å². The summed E-state index contributed by atoms with van der Waals surface area (Å²) in [5.74, 6) is 5.99. The largest absolute Gasteiger partial charge is 0.482 e. The molecule has 2 aliphatic heterocycles. The molecule has 2 aromatic rings. The van der Waals surface area contributed by atoms with Gasteiger partial charge in [-0.1, -0.05) is 49.6 Å². The zero-order valence-corrected chi connectivity index (χ0v) is 24.1. The number of fused-ring (bicyclic) bond motifs is 1. The number of amides is 3. The van der Waals surface area contributed by atoms with Gasteiger partial charge in [-0.15, -0.1) is 5.92 Å². The Balaban J connectivity index is 1.27. The van der Waals surface area contributed by atoms with E-state index in [-0.39, 0.29) is 36.2 Å². The van der Waals surface area contributed by atoms with Crippen LogP contribution in [0.2, 0.25) is 0 Å². The molecule has 5 atom stereocenters. The van der Waals surface area contributed by atoms with Crippen LogP contribution < -0.4 is 10.2 Å². The number of nitrogens with zero attached hydrogens (tertiary/aromatic N) is 2. The lowest BCUT2D eigenvalue weighted by atomic mass is 9.69. The van der Waals surface area contributed by atoms with Gasteiger partial charge in [0.05, 0.1) is 23.6 Å². The first kappa shape index (κ1) is 29.2. The van der Waals surface area contributed by atoms with Gasteiger partial charge in [0.2, 0.25) is 5.91 Å². The first-order chi connectivity index (χ1) is 19.8. The van der Waals surface area contributed by atoms with E-state index < -0.39 is 18.7 Å². The second-order valence-electron chi connectivity index (χ2n) is 11.5. The SMILES string of the molecule is CC#CC1CC(CC)C[C@H]2OB([C@H](Cc3ccc(F)cc3)NC(=O)CCN3CCN(c4ccccc4)C3=O)O[C@@]12C. The predicted molar refractivity (Wildman–Crippen MR) is 157 cm³/mol. The van der Waals surface area contributed by atoms with Gasteiger partial charge in [0, 0.05) is 31.7 Å². The topological polar surface area (TPSA) is 71.1 Å². The van der Waals surface area contributed by atoms with Gasteiger partial charge in [-0.05, 0) is 68.9 Å². The highest BCUT2D eigenvalue weighted by Gasteiger charge is 2.57. The molecule has 2 heterocycles. The minimum atomic E-state index is -0.669. The van der Waals surface area contributed by atoms with E-state index in [9.17, 15) is 14.0 Å². The summed E-state index contributed by atoms with van der Waals surface area (Å²) < 4.78 is 26.8. The van der Waals surface area contributed by atoms with Gasteiger partial charge in [0.15, 0.2) is 0 Å². The van der Waals surface area contributed by atoms with E-state index in [0.717, 1.165) is 30.5 Å². The maximum atomic E-state index is 13.6. The van der Waals surface area contributed by atoms with Crippen molar-refractivity contribution in [3.05, 3.63) is 66.0 Å². The van der Waals surface area contributed by atoms with Crippen molar-refractivity contribution in [2.75, 3.05) is 24.5 Å². The van der Waals surface area contributed by atoms with E-state index >= 15 is 0 Å². The third-order valence-corrected chi connectivity index (χ3v) is 8.83. The van der Waals surface area contributed by atoms with Crippen LogP contribution in [-0.2, 0) is 20.5 Å². The molecule has 2 unspecified atom stereocenters. The van der Waals surface area contributed by atoms with E-state index in [1.54, 1.807) is 21.9 Å². The summed E-state index contributed by atoms with van der Waals surface area (Å²) in [6.07, 6.45) is 3.34. The number of hydrogen-bond donors (Lipinski definition) is 1. The molecule has 2 aromatic carbocycles. The first-order valence-corrected chi connectivity index (χ1v) is 14.7. The monoisotopic (exact) mass is 559 g/mol. The zero-order chi connectivity index (χ0) is 29.0. The number of urea groups is 1. The summed E-state index contributed by atoms with van der Waals surface area (Å²) in [6.45, 7) is 7.58. The van der Waals surface area contributed by atoms with Crippen LogP contribution in [-0.4, -0.2) is 61.2 Å². The smallest absolute Gasteiger partial charge is 0.404 e. The van der Waals surface area contributed by atoms with Crippen LogP contribution in [0.1, 0.15) is 52.0 Å². The molecule has 2 saturated heterocycles. The summed E-state index contributed by atoms with van der Waals surface area (Å²) in [6, 6.07) is 15.7. The van der Waals surface area contributed by atoms with Crippen LogP contribution in [0, 0.1) is 29.5 Å². The summed E-state index contributed by atoms with van der Waals surface area (Å²) in [5.41, 5.74) is 1.15. The molecule has 7 nitrogen and oxygen atoms in total. The highest BCUT2D eigenvalue weighted by atomic mass is 19.1. The van der Waals surface area contributed by atoms with Crippen molar-refractivity contribution in [2.24, 2.45) is 11.8 Å². The molecular weight excluding hydrogens is 520 g/mol. The van der Waals surface area contributed by atoms with Crippen LogP contribution in [0.5, 0.6) is 0 Å². The van der Waals surface area contributed by atoms with Gasteiger partial charge in [-0.25, -0.2) is 9.18 Å². The van der Waals surface area contributed by atoms with E-state index in [2.05, 4.69) is 31.0 Å². The third kappa shape index (κ3) is 6.44. The highest BCUT2D eigenvalue weighted by Crippen LogP contribution is 2.46. The Morgan fingerprint density at radius 3 is 2.63 bits per heavy atom. The quantitative estimate of drug-likeness (QED) is 0.353. The van der Waals surface area contributed by atoms with Gasteiger partial charge in [-0.3, -0.25) is 9.69 Å². The van der Waals surface area contributed by atoms with Crippen LogP contribution in [0.25, 0.3) is 0 Å². The minimum absolute atomic E-state index is 0.0390. The molecule has 216 valence electrons. The van der Waals surface area contributed by atoms with Gasteiger partial charge in [-0.2, -0.15) is 0 Å². The van der Waals surface area contributed by atoms with Crippen molar-refractivity contribution in [3.8, 4) is 11.8 Å². The average Bonchev–Trinajstić information content (AvgIpc) is 3.52. The van der Waals surface area contributed by atoms with Crippen LogP contribution in [0.4, 0.5) is 14.9 Å². The number of hydrogen-bond acceptors (Lipinski definition) is 4. The Hall–Kier alpha value is -3.35. The van der Waals surface area contributed by atoms with E-state index in [4.69, 9.17) is 9.31 Å². The number of para-hydroxylation sites is 1. The van der Waals surface area contributed by atoms with E-state index in [1.807, 2.05) is 37.3 Å². The molecule has 0 bridgehead atoms. The lowest BCUT2D eigenvalue weighted by Crippen LogP contribution is -2.51. The second kappa shape index (κ2) is 12.7. The molecule has 3 amide bonds. The van der Waals surface area contributed by atoms with Crippen molar-refractivity contribution >= 4 is 24.7 Å². The summed E-state index contributed by atoms with van der Waals surface area (Å²) in [4.78, 5) is 29.7. The number of rotatable bonds is 9.